The summed E-state index contributed by atoms with van der Waals surface area (Å²) in [5.74, 6) is 0.959. The molecule has 39 heavy (non-hydrogen) atoms. The molecule has 1 heterocycles. The van der Waals surface area contributed by atoms with Gasteiger partial charge >= 0.3 is 5.51 Å². The van der Waals surface area contributed by atoms with Gasteiger partial charge in [-0.05, 0) is 12.1 Å². The van der Waals surface area contributed by atoms with Gasteiger partial charge in [0.1, 0.15) is 31.4 Å². The fourth-order valence-corrected chi connectivity index (χ4v) is 5.00. The molecule has 9 heteroatoms. The Morgan fingerprint density at radius 1 is 0.744 bits per heavy atom. The molecule has 0 atom stereocenters. The third-order valence-electron chi connectivity index (χ3n) is 6.58. The molecule has 1 aliphatic rings. The summed E-state index contributed by atoms with van der Waals surface area (Å²) in [6.45, 7) is 2.96. The van der Waals surface area contributed by atoms with Gasteiger partial charge in [0.15, 0.2) is 16.2 Å². The summed E-state index contributed by atoms with van der Waals surface area (Å²) < 4.78 is 66.2. The van der Waals surface area contributed by atoms with E-state index < -0.39 is 15.6 Å². The van der Waals surface area contributed by atoms with Crippen molar-refractivity contribution in [1.82, 2.24) is 0 Å². The van der Waals surface area contributed by atoms with Gasteiger partial charge in [-0.25, -0.2) is 8.42 Å². The van der Waals surface area contributed by atoms with Crippen LogP contribution in [-0.4, -0.2) is 42.2 Å². The largest absolute Gasteiger partial charge is 0.741 e. The molecular weight excluding hydrogens is 527 g/mol. The third-order valence-corrected chi connectivity index (χ3v) is 7.15. The molecule has 0 aromatic heterocycles. The maximum atomic E-state index is 10.7. The zero-order valence-corrected chi connectivity index (χ0v) is 21.8. The van der Waals surface area contributed by atoms with E-state index in [4.69, 9.17) is 17.7 Å². The first-order valence-electron chi connectivity index (χ1n) is 12.3. The van der Waals surface area contributed by atoms with Gasteiger partial charge in [0.05, 0.1) is 0 Å². The average molecular weight is 556 g/mol. The number of nitrogens with zero attached hydrogens (tertiary/aromatic N) is 1. The average Bonchev–Trinajstić information content (AvgIpc) is 2.89. The highest BCUT2D eigenvalue weighted by Crippen LogP contribution is 2.42. The Morgan fingerprint density at radius 2 is 1.13 bits per heavy atom. The molecule has 0 saturated carbocycles. The molecule has 204 valence electrons. The van der Waals surface area contributed by atoms with E-state index in [0.29, 0.717) is 0 Å². The third kappa shape index (κ3) is 7.26. The van der Waals surface area contributed by atoms with Gasteiger partial charge in [0, 0.05) is 16.7 Å². The van der Waals surface area contributed by atoms with E-state index in [9.17, 15) is 13.2 Å². The first kappa shape index (κ1) is 28.4. The first-order chi connectivity index (χ1) is 18.6. The van der Waals surface area contributed by atoms with E-state index >= 15 is 0 Å². The lowest BCUT2D eigenvalue weighted by Crippen LogP contribution is -2.68. The molecule has 0 bridgehead atoms. The summed E-state index contributed by atoms with van der Waals surface area (Å²) in [4.78, 5) is 0. The van der Waals surface area contributed by atoms with Crippen LogP contribution < -0.4 is 4.74 Å². The van der Waals surface area contributed by atoms with E-state index in [1.807, 2.05) is 18.2 Å². The Labute approximate surface area is 226 Å². The Kier molecular flexibility index (Phi) is 8.74. The van der Waals surface area contributed by atoms with Crippen molar-refractivity contribution in [2.45, 2.75) is 24.2 Å². The van der Waals surface area contributed by atoms with Crippen LogP contribution in [0.1, 0.15) is 22.7 Å². The van der Waals surface area contributed by atoms with E-state index in [0.717, 1.165) is 29.9 Å². The predicted octanol–water partition coefficient (Wildman–Crippen LogP) is 6.31. The van der Waals surface area contributed by atoms with Gasteiger partial charge < -0.3 is 13.8 Å². The predicted molar refractivity (Wildman–Crippen MR) is 141 cm³/mol. The minimum absolute atomic E-state index is 0.223. The van der Waals surface area contributed by atoms with Gasteiger partial charge in [-0.15, -0.1) is 0 Å². The molecule has 4 aromatic carbocycles. The second kappa shape index (κ2) is 12.0. The maximum Gasteiger partial charge on any atom is 0.485 e. The van der Waals surface area contributed by atoms with Gasteiger partial charge in [-0.1, -0.05) is 109 Å². The summed E-state index contributed by atoms with van der Waals surface area (Å²) in [6, 6.07) is 43.3. The van der Waals surface area contributed by atoms with E-state index in [2.05, 4.69) is 103 Å². The number of para-hydroxylation sites is 1. The van der Waals surface area contributed by atoms with Gasteiger partial charge in [-0.2, -0.15) is 13.2 Å². The van der Waals surface area contributed by atoms with Gasteiger partial charge in [-0.3, -0.25) is 0 Å². The number of rotatable bonds is 7. The van der Waals surface area contributed by atoms with Crippen LogP contribution >= 0.6 is 0 Å². The fourth-order valence-electron chi connectivity index (χ4n) is 5.00. The van der Waals surface area contributed by atoms with Crippen molar-refractivity contribution >= 4 is 10.1 Å². The highest BCUT2D eigenvalue weighted by atomic mass is 32.2. The SMILES string of the molecule is O=S(=O)([O-])C(F)(F)F.c1ccc(C[N+]2(C(c3ccccc3)c3ccccc3)CC(Oc3ccccc3)C2)cc1. The molecular formula is C30H28F3NO4S. The second-order valence-corrected chi connectivity index (χ2v) is 10.8. The molecule has 5 nitrogen and oxygen atoms in total. The van der Waals surface area contributed by atoms with Crippen LogP contribution in [0.2, 0.25) is 0 Å². The molecule has 0 N–H and O–H groups in total. The van der Waals surface area contributed by atoms with Crippen molar-refractivity contribution in [3.05, 3.63) is 138 Å². The first-order valence-corrected chi connectivity index (χ1v) is 13.7. The molecule has 1 fully saturated rings. The van der Waals surface area contributed by atoms with E-state index in [1.165, 1.54) is 16.7 Å². The van der Waals surface area contributed by atoms with Crippen LogP contribution in [0.15, 0.2) is 121 Å². The lowest BCUT2D eigenvalue weighted by molar-refractivity contribution is -1.00. The zero-order chi connectivity index (χ0) is 27.9. The van der Waals surface area contributed by atoms with E-state index in [-0.39, 0.29) is 12.1 Å². The Balaban J connectivity index is 0.000000386. The summed E-state index contributed by atoms with van der Waals surface area (Å²) in [6.07, 6.45) is 0.223. The quantitative estimate of drug-likeness (QED) is 0.152. The van der Waals surface area contributed by atoms with Crippen molar-refractivity contribution in [1.29, 1.82) is 0 Å². The molecule has 0 amide bonds. The van der Waals surface area contributed by atoms with Crippen molar-refractivity contribution < 1.29 is 35.4 Å². The zero-order valence-electron chi connectivity index (χ0n) is 20.9. The highest BCUT2D eigenvalue weighted by molar-refractivity contribution is 7.86. The Bertz CT molecular complexity index is 1370. The molecule has 0 radical (unpaired) electrons. The fraction of sp³-hybridized carbons (Fsp3) is 0.200. The Hall–Kier alpha value is -3.66. The van der Waals surface area contributed by atoms with Crippen LogP contribution in [0.25, 0.3) is 0 Å². The van der Waals surface area contributed by atoms with Crippen LogP contribution in [0.5, 0.6) is 5.75 Å². The number of hydrogen-bond donors (Lipinski definition) is 0. The minimum atomic E-state index is -6.09. The van der Waals surface area contributed by atoms with Crippen LogP contribution in [0.4, 0.5) is 13.2 Å². The topological polar surface area (TPSA) is 66.4 Å². The number of halogens is 3. The number of alkyl halides is 3. The number of hydrogen-bond acceptors (Lipinski definition) is 4. The van der Waals surface area contributed by atoms with Crippen molar-refractivity contribution in [2.24, 2.45) is 0 Å². The summed E-state index contributed by atoms with van der Waals surface area (Å²) in [5, 5.41) is 0. The second-order valence-electron chi connectivity index (χ2n) is 9.40. The Morgan fingerprint density at radius 3 is 1.54 bits per heavy atom. The number of quaternary nitrogens is 1. The maximum absolute atomic E-state index is 10.7. The van der Waals surface area contributed by atoms with Crippen molar-refractivity contribution in [3.63, 3.8) is 0 Å². The number of ether oxygens (including phenoxy) is 1. The molecule has 5 rings (SSSR count). The van der Waals surface area contributed by atoms with Crippen LogP contribution in [0.3, 0.4) is 0 Å². The van der Waals surface area contributed by atoms with Crippen LogP contribution in [-0.2, 0) is 16.7 Å². The molecule has 0 aliphatic carbocycles. The number of likely N-dealkylation sites (tertiary alicyclic amines) is 1. The summed E-state index contributed by atoms with van der Waals surface area (Å²) in [7, 11) is -6.09. The summed E-state index contributed by atoms with van der Waals surface area (Å²) in [5.41, 5.74) is -1.55. The molecule has 0 spiro atoms. The standard InChI is InChI=1S/C29H28NO.CHF3O3S/c1-5-13-24(14-6-1)21-30(22-28(23-30)31-27-19-11-4-12-20-27)29(25-15-7-2-8-16-25)26-17-9-3-10-18-26;2-1(3,4)8(5,6)7/h1-20,28-29H,21-23H2;(H,5,6,7)/q+1;/p-1. The highest BCUT2D eigenvalue weighted by Gasteiger charge is 2.51. The van der Waals surface area contributed by atoms with Gasteiger partial charge in [0.25, 0.3) is 0 Å². The molecule has 1 saturated heterocycles. The minimum Gasteiger partial charge on any atom is -0.741 e. The normalized spacial score (nSPS) is 18.9. The van der Waals surface area contributed by atoms with Gasteiger partial charge in [0.2, 0.25) is 0 Å². The summed E-state index contributed by atoms with van der Waals surface area (Å²) >= 11 is 0. The molecule has 4 aromatic rings. The lowest BCUT2D eigenvalue weighted by Gasteiger charge is -2.54. The monoisotopic (exact) mass is 555 g/mol. The number of benzene rings is 4. The van der Waals surface area contributed by atoms with Crippen molar-refractivity contribution in [3.8, 4) is 5.75 Å². The van der Waals surface area contributed by atoms with Crippen molar-refractivity contribution in [2.75, 3.05) is 13.1 Å². The smallest absolute Gasteiger partial charge is 0.485 e. The lowest BCUT2D eigenvalue weighted by atomic mass is 9.88. The molecule has 1 aliphatic heterocycles. The molecule has 0 unspecified atom stereocenters. The van der Waals surface area contributed by atoms with Crippen LogP contribution in [0, 0.1) is 0 Å². The van der Waals surface area contributed by atoms with E-state index in [1.54, 1.807) is 0 Å².